The molecule has 0 spiro atoms. The summed E-state index contributed by atoms with van der Waals surface area (Å²) in [5.41, 5.74) is 0.764. The summed E-state index contributed by atoms with van der Waals surface area (Å²) in [6.45, 7) is 9.47. The van der Waals surface area contributed by atoms with Crippen LogP contribution in [0.4, 0.5) is 0 Å². The van der Waals surface area contributed by atoms with Gasteiger partial charge in [0.05, 0.1) is 11.6 Å². The molecule has 1 aliphatic rings. The van der Waals surface area contributed by atoms with Gasteiger partial charge in [-0.1, -0.05) is 12.2 Å². The molecule has 0 N–H and O–H groups in total. The van der Waals surface area contributed by atoms with E-state index < -0.39 is 0 Å². The van der Waals surface area contributed by atoms with Crippen molar-refractivity contribution in [2.24, 2.45) is 0 Å². The summed E-state index contributed by atoms with van der Waals surface area (Å²) in [6, 6.07) is 0. The van der Waals surface area contributed by atoms with Gasteiger partial charge in [0.2, 0.25) is 0 Å². The van der Waals surface area contributed by atoms with Crippen LogP contribution in [0.3, 0.4) is 0 Å². The van der Waals surface area contributed by atoms with Crippen molar-refractivity contribution in [3.05, 3.63) is 24.3 Å². The van der Waals surface area contributed by atoms with Crippen LogP contribution in [0.2, 0.25) is 17.1 Å². The van der Waals surface area contributed by atoms with Crippen LogP contribution in [-0.2, 0) is 0 Å². The summed E-state index contributed by atoms with van der Waals surface area (Å²) in [6.07, 6.45) is 9.01. The zero-order valence-corrected chi connectivity index (χ0v) is 8.89. The molecule has 0 amide bonds. The highest BCUT2D eigenvalue weighted by molar-refractivity contribution is 6.63. The van der Waals surface area contributed by atoms with Gasteiger partial charge in [-0.3, -0.25) is 0 Å². The number of hydrogen-bond acceptors (Lipinski definition) is 0. The molecule has 0 atom stereocenters. The van der Waals surface area contributed by atoms with Gasteiger partial charge in [-0.05, 0) is 32.9 Å². The second-order valence-electron chi connectivity index (χ2n) is 4.23. The molecule has 1 heteroatoms. The first kappa shape index (κ1) is 8.79. The highest BCUT2D eigenvalue weighted by Gasteiger charge is 2.41. The normalized spacial score (nSPS) is 17.8. The molecule has 1 aliphatic carbocycles. The van der Waals surface area contributed by atoms with Crippen LogP contribution in [0.15, 0.2) is 24.3 Å². The van der Waals surface area contributed by atoms with Crippen LogP contribution < -0.4 is 0 Å². The van der Waals surface area contributed by atoms with Crippen molar-refractivity contribution >= 4 is 8.80 Å². The van der Waals surface area contributed by atoms with Crippen LogP contribution in [0.25, 0.3) is 0 Å². The van der Waals surface area contributed by atoms with Crippen LogP contribution >= 0.6 is 0 Å². The summed E-state index contributed by atoms with van der Waals surface area (Å²) in [5.74, 6) is 0. The predicted octanol–water partition coefficient (Wildman–Crippen LogP) is 3.41. The molecule has 0 unspecified atom stereocenters. The SMILES string of the molecule is C[Si+](C1C=CC=C1)C(C)(C)C. The summed E-state index contributed by atoms with van der Waals surface area (Å²) in [5, 5.41) is 0.522. The Balaban J connectivity index is 2.61. The van der Waals surface area contributed by atoms with Gasteiger partial charge in [-0.2, -0.15) is 0 Å². The maximum Gasteiger partial charge on any atom is 0.328 e. The van der Waals surface area contributed by atoms with E-state index in [1.54, 1.807) is 0 Å². The number of rotatable bonds is 1. The second kappa shape index (κ2) is 2.98. The fourth-order valence-electron chi connectivity index (χ4n) is 1.22. The van der Waals surface area contributed by atoms with E-state index >= 15 is 0 Å². The van der Waals surface area contributed by atoms with E-state index in [4.69, 9.17) is 0 Å². The van der Waals surface area contributed by atoms with E-state index in [2.05, 4.69) is 51.6 Å². The molecule has 0 bridgehead atoms. The maximum absolute atomic E-state index is 2.43. The highest BCUT2D eigenvalue weighted by Crippen LogP contribution is 2.36. The van der Waals surface area contributed by atoms with E-state index in [1.807, 2.05) is 0 Å². The average molecular weight is 165 g/mol. The minimum absolute atomic E-state index is 0.256. The Labute approximate surface area is 71.6 Å². The van der Waals surface area contributed by atoms with Crippen LogP contribution in [-0.4, -0.2) is 8.80 Å². The number of allylic oxidation sites excluding steroid dienone is 4. The molecule has 1 rings (SSSR count). The average Bonchev–Trinajstić information content (AvgIpc) is 2.34. The zero-order valence-electron chi connectivity index (χ0n) is 7.89. The molecule has 0 aliphatic heterocycles. The molecule has 0 saturated heterocycles. The van der Waals surface area contributed by atoms with Gasteiger partial charge in [0.1, 0.15) is 5.54 Å². The van der Waals surface area contributed by atoms with Gasteiger partial charge in [-0.15, -0.1) is 0 Å². The van der Waals surface area contributed by atoms with Crippen molar-refractivity contribution < 1.29 is 0 Å². The molecular weight excluding hydrogens is 148 g/mol. The molecule has 0 saturated carbocycles. The van der Waals surface area contributed by atoms with Crippen molar-refractivity contribution in [3.63, 3.8) is 0 Å². The van der Waals surface area contributed by atoms with Crippen molar-refractivity contribution in [3.8, 4) is 0 Å². The van der Waals surface area contributed by atoms with Crippen molar-refractivity contribution in [2.45, 2.75) is 37.9 Å². The topological polar surface area (TPSA) is 0 Å². The van der Waals surface area contributed by atoms with Gasteiger partial charge < -0.3 is 0 Å². The van der Waals surface area contributed by atoms with E-state index in [-0.39, 0.29) is 8.80 Å². The Hall–Kier alpha value is -0.303. The largest absolute Gasteiger partial charge is 0.328 e. The summed E-state index contributed by atoms with van der Waals surface area (Å²) in [7, 11) is -0.256. The first-order chi connectivity index (χ1) is 5.02. The highest BCUT2D eigenvalue weighted by atomic mass is 28.3. The minimum atomic E-state index is -0.256. The lowest BCUT2D eigenvalue weighted by molar-refractivity contribution is 0.731. The Kier molecular flexibility index (Phi) is 2.38. The van der Waals surface area contributed by atoms with E-state index in [9.17, 15) is 0 Å². The van der Waals surface area contributed by atoms with Crippen molar-refractivity contribution in [1.29, 1.82) is 0 Å². The van der Waals surface area contributed by atoms with Crippen LogP contribution in [0.1, 0.15) is 20.8 Å². The molecule has 0 aromatic carbocycles. The quantitative estimate of drug-likeness (QED) is 0.522. The first-order valence-electron chi connectivity index (χ1n) is 4.21. The lowest BCUT2D eigenvalue weighted by atomic mass is 10.2. The molecular formula is C10H17Si+. The lowest BCUT2D eigenvalue weighted by Gasteiger charge is -2.15. The monoisotopic (exact) mass is 165 g/mol. The molecule has 60 valence electrons. The molecule has 11 heavy (non-hydrogen) atoms. The standard InChI is InChI=1S/C10H17Si/c1-10(2,3)11(4)9-7-5-6-8-9/h5-9H,1-4H3/q+1. The fraction of sp³-hybridized carbons (Fsp3) is 0.600. The minimum Gasteiger partial charge on any atom is -0.0632 e. The summed E-state index contributed by atoms with van der Waals surface area (Å²) < 4.78 is 0. The third kappa shape index (κ3) is 2.06. The Morgan fingerprint density at radius 2 is 1.55 bits per heavy atom. The number of hydrogen-bond donors (Lipinski definition) is 0. The maximum atomic E-state index is 2.43. The van der Waals surface area contributed by atoms with Gasteiger partial charge >= 0.3 is 8.80 Å². The van der Waals surface area contributed by atoms with Gasteiger partial charge in [-0.25, -0.2) is 0 Å². The molecule has 0 nitrogen and oxygen atoms in total. The fourth-order valence-corrected chi connectivity index (χ4v) is 3.02. The third-order valence-electron chi connectivity index (χ3n) is 2.43. The zero-order chi connectivity index (χ0) is 8.48. The Morgan fingerprint density at radius 3 is 1.91 bits per heavy atom. The Morgan fingerprint density at radius 1 is 1.09 bits per heavy atom. The predicted molar refractivity (Wildman–Crippen MR) is 53.4 cm³/mol. The summed E-state index contributed by atoms with van der Waals surface area (Å²) >= 11 is 0. The van der Waals surface area contributed by atoms with Crippen LogP contribution in [0.5, 0.6) is 0 Å². The summed E-state index contributed by atoms with van der Waals surface area (Å²) in [4.78, 5) is 0. The molecule has 0 aromatic heterocycles. The smallest absolute Gasteiger partial charge is 0.0632 e. The van der Waals surface area contributed by atoms with Crippen LogP contribution in [0, 0.1) is 0 Å². The Bertz CT molecular complexity index is 172. The molecule has 0 radical (unpaired) electrons. The first-order valence-corrected chi connectivity index (χ1v) is 6.28. The van der Waals surface area contributed by atoms with Gasteiger partial charge in [0, 0.05) is 0 Å². The van der Waals surface area contributed by atoms with Crippen molar-refractivity contribution in [1.82, 2.24) is 0 Å². The van der Waals surface area contributed by atoms with E-state index in [0.29, 0.717) is 5.04 Å². The molecule has 0 heterocycles. The van der Waals surface area contributed by atoms with Gasteiger partial charge in [0.15, 0.2) is 0 Å². The van der Waals surface area contributed by atoms with Crippen molar-refractivity contribution in [2.75, 3.05) is 0 Å². The third-order valence-corrected chi connectivity index (χ3v) is 6.18. The second-order valence-corrected chi connectivity index (χ2v) is 7.76. The molecule has 0 aromatic rings. The van der Waals surface area contributed by atoms with E-state index in [0.717, 1.165) is 5.54 Å². The van der Waals surface area contributed by atoms with Gasteiger partial charge in [0.25, 0.3) is 0 Å². The lowest BCUT2D eigenvalue weighted by Crippen LogP contribution is -2.25. The molecule has 0 fully saturated rings. The van der Waals surface area contributed by atoms with E-state index in [1.165, 1.54) is 0 Å².